The molecule has 0 aliphatic carbocycles. The molecule has 0 aromatic heterocycles. The molecule has 0 aliphatic heterocycles. The van der Waals surface area contributed by atoms with E-state index in [0.29, 0.717) is 18.9 Å². The first-order chi connectivity index (χ1) is 12.6. The van der Waals surface area contributed by atoms with Crippen LogP contribution >= 0.6 is 0 Å². The highest BCUT2D eigenvalue weighted by Crippen LogP contribution is 2.21. The Kier molecular flexibility index (Phi) is 18.0. The lowest BCUT2D eigenvalue weighted by Gasteiger charge is -2.16. The zero-order valence-electron chi connectivity index (χ0n) is 17.3. The summed E-state index contributed by atoms with van der Waals surface area (Å²) in [6, 6.07) is 0. The SMILES string of the molecule is CCCCCC(CCCCC)CCOC(=O)CCCCCCCC(=O)O. The van der Waals surface area contributed by atoms with Gasteiger partial charge < -0.3 is 9.84 Å². The van der Waals surface area contributed by atoms with Crippen molar-refractivity contribution in [3.8, 4) is 0 Å². The van der Waals surface area contributed by atoms with Gasteiger partial charge in [0.05, 0.1) is 6.61 Å². The summed E-state index contributed by atoms with van der Waals surface area (Å²) in [6.45, 7) is 5.04. The average molecular weight is 371 g/mol. The molecule has 0 atom stereocenters. The van der Waals surface area contributed by atoms with E-state index in [0.717, 1.165) is 38.5 Å². The van der Waals surface area contributed by atoms with E-state index in [1.165, 1.54) is 51.4 Å². The molecule has 0 fully saturated rings. The Morgan fingerprint density at radius 1 is 0.731 bits per heavy atom. The van der Waals surface area contributed by atoms with E-state index < -0.39 is 5.97 Å². The second kappa shape index (κ2) is 18.7. The number of carbonyl (C=O) groups is 2. The molecular weight excluding hydrogens is 328 g/mol. The van der Waals surface area contributed by atoms with Gasteiger partial charge in [0.15, 0.2) is 0 Å². The van der Waals surface area contributed by atoms with Crippen LogP contribution in [0.2, 0.25) is 0 Å². The standard InChI is InChI=1S/C22H42O4/c1-3-5-10-14-20(15-11-6-4-2)18-19-26-22(25)17-13-9-7-8-12-16-21(23)24/h20H,3-19H2,1-2H3,(H,23,24). The second-order valence-electron chi connectivity index (χ2n) is 7.53. The maximum absolute atomic E-state index is 11.8. The summed E-state index contributed by atoms with van der Waals surface area (Å²) in [5.41, 5.74) is 0. The summed E-state index contributed by atoms with van der Waals surface area (Å²) in [4.78, 5) is 22.2. The maximum atomic E-state index is 11.8. The molecule has 0 aromatic carbocycles. The van der Waals surface area contributed by atoms with Gasteiger partial charge in [0.2, 0.25) is 0 Å². The number of rotatable bonds is 19. The van der Waals surface area contributed by atoms with Gasteiger partial charge in [-0.15, -0.1) is 0 Å². The third-order valence-corrected chi connectivity index (χ3v) is 4.99. The lowest BCUT2D eigenvalue weighted by molar-refractivity contribution is -0.144. The van der Waals surface area contributed by atoms with Crippen molar-refractivity contribution in [2.45, 2.75) is 117 Å². The van der Waals surface area contributed by atoms with Gasteiger partial charge in [-0.3, -0.25) is 9.59 Å². The fraction of sp³-hybridized carbons (Fsp3) is 0.909. The monoisotopic (exact) mass is 370 g/mol. The molecule has 0 saturated heterocycles. The number of ether oxygens (including phenoxy) is 1. The number of carboxylic acid groups (broad SMARTS) is 1. The molecule has 154 valence electrons. The Bertz CT molecular complexity index is 331. The number of hydrogen-bond donors (Lipinski definition) is 1. The normalized spacial score (nSPS) is 11.0. The van der Waals surface area contributed by atoms with Crippen molar-refractivity contribution in [2.24, 2.45) is 5.92 Å². The van der Waals surface area contributed by atoms with Gasteiger partial charge in [-0.2, -0.15) is 0 Å². The van der Waals surface area contributed by atoms with Crippen LogP contribution in [-0.4, -0.2) is 23.7 Å². The Hall–Kier alpha value is -1.06. The van der Waals surface area contributed by atoms with Crippen molar-refractivity contribution in [1.29, 1.82) is 0 Å². The van der Waals surface area contributed by atoms with E-state index in [4.69, 9.17) is 9.84 Å². The van der Waals surface area contributed by atoms with E-state index >= 15 is 0 Å². The zero-order valence-corrected chi connectivity index (χ0v) is 17.3. The lowest BCUT2D eigenvalue weighted by atomic mass is 9.92. The maximum Gasteiger partial charge on any atom is 0.305 e. The summed E-state index contributed by atoms with van der Waals surface area (Å²) in [6.07, 6.45) is 16.5. The molecule has 0 rings (SSSR count). The average Bonchev–Trinajstić information content (AvgIpc) is 2.60. The lowest BCUT2D eigenvalue weighted by Crippen LogP contribution is -2.10. The van der Waals surface area contributed by atoms with Crippen LogP contribution in [0.4, 0.5) is 0 Å². The van der Waals surface area contributed by atoms with Crippen molar-refractivity contribution in [3.05, 3.63) is 0 Å². The quantitative estimate of drug-likeness (QED) is 0.208. The third-order valence-electron chi connectivity index (χ3n) is 4.99. The number of unbranched alkanes of at least 4 members (excludes halogenated alkanes) is 8. The van der Waals surface area contributed by atoms with Crippen LogP contribution in [-0.2, 0) is 14.3 Å². The van der Waals surface area contributed by atoms with Crippen molar-refractivity contribution in [3.63, 3.8) is 0 Å². The van der Waals surface area contributed by atoms with Crippen LogP contribution in [0.3, 0.4) is 0 Å². The van der Waals surface area contributed by atoms with Crippen molar-refractivity contribution in [2.75, 3.05) is 6.61 Å². The summed E-state index contributed by atoms with van der Waals surface area (Å²) in [7, 11) is 0. The van der Waals surface area contributed by atoms with Crippen molar-refractivity contribution in [1.82, 2.24) is 0 Å². The first-order valence-corrected chi connectivity index (χ1v) is 11.0. The van der Waals surface area contributed by atoms with Gasteiger partial charge >= 0.3 is 11.9 Å². The highest BCUT2D eigenvalue weighted by Gasteiger charge is 2.10. The minimum Gasteiger partial charge on any atom is -0.481 e. The molecule has 4 nitrogen and oxygen atoms in total. The largest absolute Gasteiger partial charge is 0.481 e. The first-order valence-electron chi connectivity index (χ1n) is 11.0. The van der Waals surface area contributed by atoms with Crippen LogP contribution < -0.4 is 0 Å². The van der Waals surface area contributed by atoms with Gasteiger partial charge in [0.1, 0.15) is 0 Å². The van der Waals surface area contributed by atoms with E-state index in [2.05, 4.69) is 13.8 Å². The molecule has 4 heteroatoms. The van der Waals surface area contributed by atoms with Crippen LogP contribution in [0.5, 0.6) is 0 Å². The highest BCUT2D eigenvalue weighted by atomic mass is 16.5. The van der Waals surface area contributed by atoms with Crippen LogP contribution in [0.15, 0.2) is 0 Å². The number of aliphatic carboxylic acids is 1. The smallest absolute Gasteiger partial charge is 0.305 e. The van der Waals surface area contributed by atoms with E-state index in [9.17, 15) is 9.59 Å². The van der Waals surface area contributed by atoms with Crippen LogP contribution in [0, 0.1) is 5.92 Å². The molecular formula is C22H42O4. The summed E-state index contributed by atoms with van der Waals surface area (Å²) in [5, 5.41) is 8.57. The molecule has 0 bridgehead atoms. The molecule has 26 heavy (non-hydrogen) atoms. The fourth-order valence-electron chi connectivity index (χ4n) is 3.29. The number of carbonyl (C=O) groups excluding carboxylic acids is 1. The van der Waals surface area contributed by atoms with Crippen molar-refractivity contribution < 1.29 is 19.4 Å². The molecule has 0 saturated carbocycles. The molecule has 0 radical (unpaired) electrons. The summed E-state index contributed by atoms with van der Waals surface area (Å²) < 4.78 is 5.43. The Labute approximate surface area is 161 Å². The molecule has 0 aromatic rings. The van der Waals surface area contributed by atoms with Gasteiger partial charge in [0.25, 0.3) is 0 Å². The first kappa shape index (κ1) is 24.9. The summed E-state index contributed by atoms with van der Waals surface area (Å²) >= 11 is 0. The van der Waals surface area contributed by atoms with Gasteiger partial charge in [-0.25, -0.2) is 0 Å². The molecule has 0 aliphatic rings. The zero-order chi connectivity index (χ0) is 19.5. The minimum atomic E-state index is -0.726. The molecule has 0 spiro atoms. The second-order valence-corrected chi connectivity index (χ2v) is 7.53. The highest BCUT2D eigenvalue weighted by molar-refractivity contribution is 5.69. The Morgan fingerprint density at radius 3 is 1.81 bits per heavy atom. The third kappa shape index (κ3) is 17.8. The van der Waals surface area contributed by atoms with Crippen LogP contribution in [0.25, 0.3) is 0 Å². The Morgan fingerprint density at radius 2 is 1.27 bits per heavy atom. The minimum absolute atomic E-state index is 0.0728. The van der Waals surface area contributed by atoms with Crippen molar-refractivity contribution >= 4 is 11.9 Å². The van der Waals surface area contributed by atoms with Gasteiger partial charge in [-0.05, 0) is 25.2 Å². The molecule has 1 N–H and O–H groups in total. The molecule has 0 heterocycles. The molecule has 0 amide bonds. The van der Waals surface area contributed by atoms with E-state index in [-0.39, 0.29) is 12.4 Å². The summed E-state index contributed by atoms with van der Waals surface area (Å²) in [5.74, 6) is -0.0946. The van der Waals surface area contributed by atoms with Gasteiger partial charge in [-0.1, -0.05) is 84.5 Å². The Balaban J connectivity index is 3.70. The number of carboxylic acids is 1. The number of hydrogen-bond acceptors (Lipinski definition) is 3. The fourth-order valence-corrected chi connectivity index (χ4v) is 3.29. The topological polar surface area (TPSA) is 63.6 Å². The molecule has 0 unspecified atom stereocenters. The predicted molar refractivity (Wildman–Crippen MR) is 107 cm³/mol. The predicted octanol–water partition coefficient (Wildman–Crippen LogP) is 6.51. The van der Waals surface area contributed by atoms with E-state index in [1.807, 2.05) is 0 Å². The van der Waals surface area contributed by atoms with Crippen LogP contribution in [0.1, 0.15) is 117 Å². The van der Waals surface area contributed by atoms with E-state index in [1.54, 1.807) is 0 Å². The number of esters is 1. The van der Waals surface area contributed by atoms with Gasteiger partial charge in [0, 0.05) is 12.8 Å².